The maximum Gasteiger partial charge on any atom is 0.573 e. The van der Waals surface area contributed by atoms with Crippen molar-refractivity contribution in [3.8, 4) is 28.4 Å². The summed E-state index contributed by atoms with van der Waals surface area (Å²) in [5.41, 5.74) is 2.23. The van der Waals surface area contributed by atoms with E-state index in [2.05, 4.69) is 11.7 Å². The molecule has 0 heterocycles. The van der Waals surface area contributed by atoms with Crippen LogP contribution in [0, 0.1) is 17.6 Å². The predicted octanol–water partition coefficient (Wildman–Crippen LogP) is 9.40. The highest BCUT2D eigenvalue weighted by Crippen LogP contribution is 2.40. The highest BCUT2D eigenvalue weighted by molar-refractivity contribution is 5.71. The maximum absolute atomic E-state index is 14.7. The molecule has 35 heavy (non-hydrogen) atoms. The average molecular weight is 491 g/mol. The lowest BCUT2D eigenvalue weighted by atomic mass is 9.77. The first-order valence-electron chi connectivity index (χ1n) is 11.9. The summed E-state index contributed by atoms with van der Waals surface area (Å²) < 4.78 is 75.3. The molecule has 4 rings (SSSR count). The molecule has 2 nitrogen and oxygen atoms in total. The normalized spacial score (nSPS) is 18.3. The number of hydrogen-bond acceptors (Lipinski definition) is 2. The standard InChI is InChI=1S/C28H27F5O2/c1-2-3-18-4-6-19(7-5-18)20-8-10-21(11-9-20)24-16-17-25(29)26(30)27(24)34-22-12-14-23(15-13-22)35-28(31,32)33/h8-19H,2-7H2,1H3. The van der Waals surface area contributed by atoms with Crippen LogP contribution >= 0.6 is 0 Å². The first-order chi connectivity index (χ1) is 16.7. The van der Waals surface area contributed by atoms with Crippen LogP contribution in [0.15, 0.2) is 60.7 Å². The Labute approximate surface area is 201 Å². The Balaban J connectivity index is 1.53. The van der Waals surface area contributed by atoms with Gasteiger partial charge in [0.15, 0.2) is 11.6 Å². The number of alkyl halides is 3. The molecular formula is C28H27F5O2. The van der Waals surface area contributed by atoms with Gasteiger partial charge in [0, 0.05) is 5.56 Å². The van der Waals surface area contributed by atoms with E-state index in [-0.39, 0.29) is 11.5 Å². The van der Waals surface area contributed by atoms with Crippen molar-refractivity contribution in [3.05, 3.63) is 77.9 Å². The quantitative estimate of drug-likeness (QED) is 0.307. The van der Waals surface area contributed by atoms with Gasteiger partial charge in [-0.3, -0.25) is 0 Å². The van der Waals surface area contributed by atoms with E-state index in [1.165, 1.54) is 49.4 Å². The fourth-order valence-corrected chi connectivity index (χ4v) is 4.81. The molecule has 7 heteroatoms. The molecule has 1 fully saturated rings. The lowest BCUT2D eigenvalue weighted by Gasteiger charge is -2.28. The second-order valence-electron chi connectivity index (χ2n) is 8.99. The van der Waals surface area contributed by atoms with Crippen molar-refractivity contribution in [2.24, 2.45) is 5.92 Å². The average Bonchev–Trinajstić information content (AvgIpc) is 2.83. The lowest BCUT2D eigenvalue weighted by molar-refractivity contribution is -0.274. The SMILES string of the molecule is CCCC1CCC(c2ccc(-c3ccc(F)c(F)c3Oc3ccc(OC(F)(F)F)cc3)cc2)CC1. The van der Waals surface area contributed by atoms with Crippen LogP contribution in [0.1, 0.15) is 56.9 Å². The zero-order valence-electron chi connectivity index (χ0n) is 19.4. The molecule has 0 aromatic heterocycles. The molecule has 0 spiro atoms. The molecule has 0 aliphatic heterocycles. The Morgan fingerprint density at radius 3 is 2.03 bits per heavy atom. The van der Waals surface area contributed by atoms with Crippen LogP contribution in [0.5, 0.6) is 17.2 Å². The molecule has 1 saturated carbocycles. The van der Waals surface area contributed by atoms with Gasteiger partial charge in [-0.15, -0.1) is 13.2 Å². The van der Waals surface area contributed by atoms with Crippen LogP contribution in [0.25, 0.3) is 11.1 Å². The second kappa shape index (κ2) is 10.7. The van der Waals surface area contributed by atoms with Crippen molar-refractivity contribution >= 4 is 0 Å². The minimum atomic E-state index is -4.83. The highest BCUT2D eigenvalue weighted by atomic mass is 19.4. The second-order valence-corrected chi connectivity index (χ2v) is 8.99. The monoisotopic (exact) mass is 490 g/mol. The largest absolute Gasteiger partial charge is 0.573 e. The third-order valence-electron chi connectivity index (χ3n) is 6.56. The zero-order valence-corrected chi connectivity index (χ0v) is 19.4. The van der Waals surface area contributed by atoms with Gasteiger partial charge in [0.25, 0.3) is 0 Å². The van der Waals surface area contributed by atoms with Gasteiger partial charge in [0.05, 0.1) is 0 Å². The van der Waals surface area contributed by atoms with E-state index in [1.54, 1.807) is 0 Å². The van der Waals surface area contributed by atoms with Crippen LogP contribution in [0.4, 0.5) is 22.0 Å². The number of rotatable bonds is 7. The van der Waals surface area contributed by atoms with Crippen LogP contribution in [0.2, 0.25) is 0 Å². The summed E-state index contributed by atoms with van der Waals surface area (Å²) in [4.78, 5) is 0. The molecule has 0 saturated heterocycles. The molecule has 0 radical (unpaired) electrons. The Bertz CT molecular complexity index is 1120. The molecule has 0 unspecified atom stereocenters. The third kappa shape index (κ3) is 6.32. The first kappa shape index (κ1) is 25.0. The fraction of sp³-hybridized carbons (Fsp3) is 0.357. The van der Waals surface area contributed by atoms with Gasteiger partial charge in [-0.2, -0.15) is 4.39 Å². The Hall–Kier alpha value is -3.09. The molecule has 0 N–H and O–H groups in total. The molecule has 0 amide bonds. The maximum atomic E-state index is 14.7. The topological polar surface area (TPSA) is 18.5 Å². The smallest absolute Gasteiger partial charge is 0.454 e. The molecule has 1 aliphatic rings. The van der Waals surface area contributed by atoms with Gasteiger partial charge in [-0.25, -0.2) is 4.39 Å². The Kier molecular flexibility index (Phi) is 7.63. The van der Waals surface area contributed by atoms with Crippen molar-refractivity contribution in [1.82, 2.24) is 0 Å². The van der Waals surface area contributed by atoms with Crippen molar-refractivity contribution in [3.63, 3.8) is 0 Å². The molecule has 0 atom stereocenters. The first-order valence-corrected chi connectivity index (χ1v) is 11.9. The molecule has 3 aromatic rings. The van der Waals surface area contributed by atoms with E-state index in [9.17, 15) is 22.0 Å². The summed E-state index contributed by atoms with van der Waals surface area (Å²) in [6.45, 7) is 2.22. The summed E-state index contributed by atoms with van der Waals surface area (Å²) >= 11 is 0. The summed E-state index contributed by atoms with van der Waals surface area (Å²) in [5, 5.41) is 0. The van der Waals surface area contributed by atoms with Gasteiger partial charge in [-0.1, -0.05) is 44.0 Å². The van der Waals surface area contributed by atoms with Crippen molar-refractivity contribution in [1.29, 1.82) is 0 Å². The van der Waals surface area contributed by atoms with E-state index >= 15 is 0 Å². The van der Waals surface area contributed by atoms with E-state index in [0.29, 0.717) is 17.0 Å². The van der Waals surface area contributed by atoms with Crippen LogP contribution < -0.4 is 9.47 Å². The molecule has 0 bridgehead atoms. The minimum absolute atomic E-state index is 0.0470. The van der Waals surface area contributed by atoms with Crippen molar-refractivity contribution < 1.29 is 31.4 Å². The van der Waals surface area contributed by atoms with Crippen LogP contribution in [0.3, 0.4) is 0 Å². The summed E-state index contributed by atoms with van der Waals surface area (Å²) in [6, 6.07) is 14.7. The number of benzene rings is 3. The van der Waals surface area contributed by atoms with Crippen LogP contribution in [-0.2, 0) is 0 Å². The van der Waals surface area contributed by atoms with Crippen molar-refractivity contribution in [2.45, 2.75) is 57.7 Å². The molecule has 186 valence electrons. The number of ether oxygens (including phenoxy) is 2. The van der Waals surface area contributed by atoms with E-state index in [0.717, 1.165) is 37.0 Å². The number of halogens is 5. The van der Waals surface area contributed by atoms with Gasteiger partial charge in [-0.05, 0) is 85.0 Å². The van der Waals surface area contributed by atoms with Gasteiger partial charge >= 0.3 is 6.36 Å². The minimum Gasteiger partial charge on any atom is -0.454 e. The molecule has 3 aromatic carbocycles. The van der Waals surface area contributed by atoms with E-state index < -0.39 is 23.7 Å². The third-order valence-corrected chi connectivity index (χ3v) is 6.56. The molecule has 1 aliphatic carbocycles. The van der Waals surface area contributed by atoms with Crippen molar-refractivity contribution in [2.75, 3.05) is 0 Å². The Morgan fingerprint density at radius 1 is 0.800 bits per heavy atom. The van der Waals surface area contributed by atoms with E-state index in [4.69, 9.17) is 4.74 Å². The van der Waals surface area contributed by atoms with Gasteiger partial charge in [0.2, 0.25) is 5.82 Å². The lowest BCUT2D eigenvalue weighted by Crippen LogP contribution is -2.16. The highest BCUT2D eigenvalue weighted by Gasteiger charge is 2.31. The number of hydrogen-bond donors (Lipinski definition) is 0. The summed E-state index contributed by atoms with van der Waals surface area (Å²) in [5.74, 6) is -1.67. The summed E-state index contributed by atoms with van der Waals surface area (Å²) in [6.07, 6.45) is 2.43. The zero-order chi connectivity index (χ0) is 25.0. The van der Waals surface area contributed by atoms with Gasteiger partial charge in [0.1, 0.15) is 11.5 Å². The Morgan fingerprint density at radius 2 is 1.43 bits per heavy atom. The summed E-state index contributed by atoms with van der Waals surface area (Å²) in [7, 11) is 0. The van der Waals surface area contributed by atoms with Crippen LogP contribution in [-0.4, -0.2) is 6.36 Å². The van der Waals surface area contributed by atoms with E-state index in [1.807, 2.05) is 24.3 Å². The predicted molar refractivity (Wildman–Crippen MR) is 125 cm³/mol. The van der Waals surface area contributed by atoms with Gasteiger partial charge < -0.3 is 9.47 Å². The molecular weight excluding hydrogens is 463 g/mol. The fourth-order valence-electron chi connectivity index (χ4n) is 4.81.